The van der Waals surface area contributed by atoms with Crippen LogP contribution in [0.2, 0.25) is 0 Å². The van der Waals surface area contributed by atoms with Crippen LogP contribution in [0.1, 0.15) is 19.3 Å². The molecule has 0 radical (unpaired) electrons. The smallest absolute Gasteiger partial charge is 0.328 e. The number of hydrogen-bond acceptors (Lipinski definition) is 6. The predicted molar refractivity (Wildman–Crippen MR) is 71.6 cm³/mol. The van der Waals surface area contributed by atoms with Crippen molar-refractivity contribution in [1.82, 2.24) is 9.96 Å². The molecule has 2 aliphatic heterocycles. The fraction of sp³-hybridized carbons (Fsp3) is 0.533. The Hall–Kier alpha value is -2.51. The molecule has 0 aromatic rings. The van der Waals surface area contributed by atoms with Crippen molar-refractivity contribution in [3.05, 3.63) is 12.2 Å². The lowest BCUT2D eigenvalue weighted by Gasteiger charge is -2.18. The van der Waals surface area contributed by atoms with Crippen LogP contribution in [0, 0.1) is 23.7 Å². The quantitative estimate of drug-likeness (QED) is 0.509. The molecule has 2 bridgehead atoms. The Morgan fingerprint density at radius 3 is 2.04 bits per heavy atom. The van der Waals surface area contributed by atoms with Crippen LogP contribution < -0.4 is 0 Å². The second kappa shape index (κ2) is 4.74. The average molecular weight is 318 g/mol. The number of carbonyl (C=O) groups excluding carboxylic acids is 5. The molecule has 2 saturated heterocycles. The summed E-state index contributed by atoms with van der Waals surface area (Å²) in [6, 6.07) is 0. The zero-order valence-electron chi connectivity index (χ0n) is 12.1. The van der Waals surface area contributed by atoms with Gasteiger partial charge < -0.3 is 4.84 Å². The minimum absolute atomic E-state index is 0.00708. The first-order valence-corrected chi connectivity index (χ1v) is 7.57. The standard InChI is InChI=1S/C15H14N2O6/c18-9-3-4-10(19)17(9)23-11(20)6-16-14(21)12-7-1-2-8(5-7)13(12)15(16)22/h1-2,7-8,12-13H,3-6H2. The summed E-state index contributed by atoms with van der Waals surface area (Å²) in [5, 5.41) is 0.416. The largest absolute Gasteiger partial charge is 0.352 e. The van der Waals surface area contributed by atoms with Gasteiger partial charge in [-0.15, -0.1) is 5.06 Å². The Kier molecular flexibility index (Phi) is 2.91. The third-order valence-corrected chi connectivity index (χ3v) is 5.05. The van der Waals surface area contributed by atoms with Crippen molar-refractivity contribution >= 4 is 29.6 Å². The van der Waals surface area contributed by atoms with Crippen molar-refractivity contribution in [1.29, 1.82) is 0 Å². The van der Waals surface area contributed by atoms with E-state index < -0.39 is 24.3 Å². The zero-order chi connectivity index (χ0) is 16.3. The van der Waals surface area contributed by atoms with E-state index in [1.165, 1.54) is 0 Å². The number of hydroxylamine groups is 2. The van der Waals surface area contributed by atoms with Crippen molar-refractivity contribution in [3.8, 4) is 0 Å². The molecular formula is C15H14N2O6. The SMILES string of the molecule is O=C(CN1C(=O)C2C3C=CC(C3)C2C1=O)ON1C(=O)CCC1=O. The van der Waals surface area contributed by atoms with Gasteiger partial charge >= 0.3 is 5.97 Å². The van der Waals surface area contributed by atoms with Crippen LogP contribution in [0.4, 0.5) is 0 Å². The fourth-order valence-electron chi connectivity index (χ4n) is 4.04. The molecule has 0 aromatic heterocycles. The molecule has 8 heteroatoms. The number of fused-ring (bicyclic) bond motifs is 5. The van der Waals surface area contributed by atoms with Gasteiger partial charge in [-0.2, -0.15) is 0 Å². The van der Waals surface area contributed by atoms with Gasteiger partial charge in [0.25, 0.3) is 11.8 Å². The first-order valence-electron chi connectivity index (χ1n) is 7.57. The van der Waals surface area contributed by atoms with Crippen LogP contribution >= 0.6 is 0 Å². The molecule has 0 N–H and O–H groups in total. The predicted octanol–water partition coefficient (Wildman–Crippen LogP) is -0.599. The van der Waals surface area contributed by atoms with Crippen molar-refractivity contribution in [3.63, 3.8) is 0 Å². The third-order valence-electron chi connectivity index (χ3n) is 5.05. The van der Waals surface area contributed by atoms with Crippen LogP contribution in [-0.2, 0) is 28.8 Å². The van der Waals surface area contributed by atoms with E-state index in [-0.39, 0.29) is 48.3 Å². The Bertz CT molecular complexity index is 637. The molecule has 1 saturated carbocycles. The van der Waals surface area contributed by atoms with Gasteiger partial charge in [0.1, 0.15) is 6.54 Å². The molecule has 120 valence electrons. The summed E-state index contributed by atoms with van der Waals surface area (Å²) in [6.07, 6.45) is 4.71. The molecule has 0 aromatic carbocycles. The highest BCUT2D eigenvalue weighted by Crippen LogP contribution is 2.52. The molecule has 8 nitrogen and oxygen atoms in total. The van der Waals surface area contributed by atoms with E-state index in [0.717, 1.165) is 11.3 Å². The fourth-order valence-corrected chi connectivity index (χ4v) is 4.04. The number of rotatable bonds is 3. The van der Waals surface area contributed by atoms with Gasteiger partial charge in [0.2, 0.25) is 11.8 Å². The van der Waals surface area contributed by atoms with Gasteiger partial charge in [-0.05, 0) is 18.3 Å². The van der Waals surface area contributed by atoms with E-state index in [1.807, 2.05) is 12.2 Å². The third kappa shape index (κ3) is 1.94. The first kappa shape index (κ1) is 14.1. The minimum atomic E-state index is -0.962. The second-order valence-corrected chi connectivity index (χ2v) is 6.31. The molecule has 2 heterocycles. The summed E-state index contributed by atoms with van der Waals surface area (Å²) >= 11 is 0. The second-order valence-electron chi connectivity index (χ2n) is 6.31. The van der Waals surface area contributed by atoms with Crippen LogP contribution in [0.15, 0.2) is 12.2 Å². The van der Waals surface area contributed by atoms with Gasteiger partial charge in [0, 0.05) is 12.8 Å². The summed E-state index contributed by atoms with van der Waals surface area (Å²) < 4.78 is 0. The van der Waals surface area contributed by atoms with Gasteiger partial charge in [-0.3, -0.25) is 24.1 Å². The van der Waals surface area contributed by atoms with E-state index in [1.54, 1.807) is 0 Å². The highest BCUT2D eigenvalue weighted by molar-refractivity contribution is 6.08. The van der Waals surface area contributed by atoms with E-state index in [4.69, 9.17) is 4.84 Å². The molecule has 4 atom stereocenters. The number of imide groups is 2. The van der Waals surface area contributed by atoms with Crippen LogP contribution in [0.5, 0.6) is 0 Å². The van der Waals surface area contributed by atoms with E-state index in [9.17, 15) is 24.0 Å². The minimum Gasteiger partial charge on any atom is -0.328 e. The lowest BCUT2D eigenvalue weighted by atomic mass is 9.85. The van der Waals surface area contributed by atoms with Crippen LogP contribution in [-0.4, -0.2) is 46.1 Å². The van der Waals surface area contributed by atoms with Crippen molar-refractivity contribution in [2.75, 3.05) is 6.54 Å². The Labute approximate surface area is 131 Å². The molecule has 4 aliphatic rings. The Morgan fingerprint density at radius 1 is 1.00 bits per heavy atom. The van der Waals surface area contributed by atoms with Gasteiger partial charge in [-0.25, -0.2) is 4.79 Å². The van der Waals surface area contributed by atoms with E-state index in [2.05, 4.69) is 0 Å². The Balaban J connectivity index is 1.44. The molecule has 4 unspecified atom stereocenters. The topological polar surface area (TPSA) is 101 Å². The molecule has 4 amide bonds. The van der Waals surface area contributed by atoms with Crippen molar-refractivity contribution in [2.24, 2.45) is 23.7 Å². The summed E-state index contributed by atoms with van der Waals surface area (Å²) in [5.74, 6) is -3.55. The molecule has 2 aliphatic carbocycles. The average Bonchev–Trinajstić information content (AvgIpc) is 3.25. The monoisotopic (exact) mass is 318 g/mol. The molecular weight excluding hydrogens is 304 g/mol. The Morgan fingerprint density at radius 2 is 1.52 bits per heavy atom. The lowest BCUT2D eigenvalue weighted by Crippen LogP contribution is -2.41. The maximum absolute atomic E-state index is 12.4. The van der Waals surface area contributed by atoms with Crippen LogP contribution in [0.25, 0.3) is 0 Å². The highest BCUT2D eigenvalue weighted by atomic mass is 16.7. The molecule has 0 spiro atoms. The number of likely N-dealkylation sites (tertiary alicyclic amines) is 1. The lowest BCUT2D eigenvalue weighted by molar-refractivity contribution is -0.198. The summed E-state index contributed by atoms with van der Waals surface area (Å²) in [4.78, 5) is 65.2. The van der Waals surface area contributed by atoms with E-state index >= 15 is 0 Å². The normalized spacial score (nSPS) is 34.8. The van der Waals surface area contributed by atoms with Gasteiger partial charge in [0.15, 0.2) is 0 Å². The summed E-state index contributed by atoms with van der Waals surface area (Å²) in [6.45, 7) is -0.568. The van der Waals surface area contributed by atoms with Crippen LogP contribution in [0.3, 0.4) is 0 Å². The summed E-state index contributed by atoms with van der Waals surface area (Å²) in [5.41, 5.74) is 0. The first-order chi connectivity index (χ1) is 11.0. The van der Waals surface area contributed by atoms with Crippen molar-refractivity contribution in [2.45, 2.75) is 19.3 Å². The van der Waals surface area contributed by atoms with Crippen molar-refractivity contribution < 1.29 is 28.8 Å². The number of carbonyl (C=O) groups is 5. The highest BCUT2D eigenvalue weighted by Gasteiger charge is 2.59. The van der Waals surface area contributed by atoms with E-state index in [0.29, 0.717) is 5.06 Å². The molecule has 4 rings (SSSR count). The zero-order valence-corrected chi connectivity index (χ0v) is 12.1. The number of hydrogen-bond donors (Lipinski definition) is 0. The number of nitrogens with zero attached hydrogens (tertiary/aromatic N) is 2. The van der Waals surface area contributed by atoms with Gasteiger partial charge in [0.05, 0.1) is 11.8 Å². The number of amides is 4. The number of allylic oxidation sites excluding steroid dienone is 2. The maximum atomic E-state index is 12.4. The molecule has 23 heavy (non-hydrogen) atoms. The summed E-state index contributed by atoms with van der Waals surface area (Å²) in [7, 11) is 0. The molecule has 3 fully saturated rings. The maximum Gasteiger partial charge on any atom is 0.352 e. The van der Waals surface area contributed by atoms with Gasteiger partial charge in [-0.1, -0.05) is 12.2 Å².